The van der Waals surface area contributed by atoms with E-state index in [0.717, 1.165) is 32.1 Å². The lowest BCUT2D eigenvalue weighted by molar-refractivity contribution is -0.149. The molecule has 0 rings (SSSR count). The number of unbranched alkanes of at least 4 members (excludes halogenated alkanes) is 14. The van der Waals surface area contributed by atoms with Gasteiger partial charge in [-0.15, -0.1) is 0 Å². The molecule has 30 heavy (non-hydrogen) atoms. The van der Waals surface area contributed by atoms with E-state index in [-0.39, 0.29) is 18.3 Å². The molecule has 0 saturated heterocycles. The molecule has 0 aromatic carbocycles. The Morgan fingerprint density at radius 2 is 1.07 bits per heavy atom. The Kier molecular flexibility index (Phi) is 21.8. The van der Waals surface area contributed by atoms with Gasteiger partial charge in [-0.3, -0.25) is 9.59 Å². The zero-order chi connectivity index (χ0) is 22.3. The maximum atomic E-state index is 12.5. The van der Waals surface area contributed by atoms with E-state index in [2.05, 4.69) is 13.8 Å². The summed E-state index contributed by atoms with van der Waals surface area (Å²) in [5.74, 6) is -1.02. The standard InChI is InChI=1S/C26H50O4/c1-3-5-7-9-11-13-15-17-20-24(21-19-22-25(27)28)26(29)30-23-18-16-14-12-10-8-6-4-2/h24H,3-23H2,1-2H3,(H,27,28). The molecule has 1 unspecified atom stereocenters. The molecule has 1 N–H and O–H groups in total. The van der Waals surface area contributed by atoms with Crippen LogP contribution in [0.5, 0.6) is 0 Å². The van der Waals surface area contributed by atoms with Crippen molar-refractivity contribution in [3.63, 3.8) is 0 Å². The average Bonchev–Trinajstić information content (AvgIpc) is 2.72. The molecular formula is C26H50O4. The van der Waals surface area contributed by atoms with Crippen molar-refractivity contribution >= 4 is 11.9 Å². The van der Waals surface area contributed by atoms with Gasteiger partial charge in [-0.1, -0.05) is 110 Å². The van der Waals surface area contributed by atoms with Gasteiger partial charge in [0.15, 0.2) is 0 Å². The summed E-state index contributed by atoms with van der Waals surface area (Å²) in [4.78, 5) is 23.3. The van der Waals surface area contributed by atoms with E-state index in [1.807, 2.05) is 0 Å². The number of ether oxygens (including phenoxy) is 1. The van der Waals surface area contributed by atoms with Crippen LogP contribution in [0.1, 0.15) is 142 Å². The van der Waals surface area contributed by atoms with Gasteiger partial charge in [0.2, 0.25) is 0 Å². The maximum absolute atomic E-state index is 12.5. The lowest BCUT2D eigenvalue weighted by Crippen LogP contribution is -2.19. The van der Waals surface area contributed by atoms with Gasteiger partial charge in [-0.2, -0.15) is 0 Å². The van der Waals surface area contributed by atoms with Crippen molar-refractivity contribution in [3.8, 4) is 0 Å². The largest absolute Gasteiger partial charge is 0.481 e. The van der Waals surface area contributed by atoms with Crippen LogP contribution >= 0.6 is 0 Å². The third-order valence-corrected chi connectivity index (χ3v) is 5.92. The Morgan fingerprint density at radius 1 is 0.633 bits per heavy atom. The van der Waals surface area contributed by atoms with Crippen LogP contribution in [0.3, 0.4) is 0 Å². The van der Waals surface area contributed by atoms with Crippen LogP contribution in [0.2, 0.25) is 0 Å². The van der Waals surface area contributed by atoms with Crippen molar-refractivity contribution in [2.45, 2.75) is 142 Å². The minimum atomic E-state index is -0.784. The van der Waals surface area contributed by atoms with E-state index in [0.29, 0.717) is 19.4 Å². The van der Waals surface area contributed by atoms with Crippen LogP contribution in [-0.2, 0) is 14.3 Å². The summed E-state index contributed by atoms with van der Waals surface area (Å²) in [7, 11) is 0. The van der Waals surface area contributed by atoms with Crippen molar-refractivity contribution in [2.75, 3.05) is 6.61 Å². The topological polar surface area (TPSA) is 63.6 Å². The van der Waals surface area contributed by atoms with E-state index in [4.69, 9.17) is 9.84 Å². The summed E-state index contributed by atoms with van der Waals surface area (Å²) < 4.78 is 5.54. The second kappa shape index (κ2) is 22.6. The van der Waals surface area contributed by atoms with Crippen LogP contribution in [0.25, 0.3) is 0 Å². The van der Waals surface area contributed by atoms with Crippen LogP contribution in [0.15, 0.2) is 0 Å². The van der Waals surface area contributed by atoms with E-state index < -0.39 is 5.97 Å². The minimum Gasteiger partial charge on any atom is -0.481 e. The molecule has 4 heteroatoms. The van der Waals surface area contributed by atoms with Gasteiger partial charge in [-0.25, -0.2) is 0 Å². The Balaban J connectivity index is 3.95. The normalized spacial score (nSPS) is 12.1. The lowest BCUT2D eigenvalue weighted by atomic mass is 9.95. The number of carbonyl (C=O) groups is 2. The first-order valence-electron chi connectivity index (χ1n) is 13.0. The van der Waals surface area contributed by atoms with E-state index in [1.165, 1.54) is 77.0 Å². The second-order valence-corrected chi connectivity index (χ2v) is 8.89. The molecule has 0 bridgehead atoms. The number of carboxylic acids is 1. The Bertz CT molecular complexity index is 394. The summed E-state index contributed by atoms with van der Waals surface area (Å²) in [6.45, 7) is 4.98. The highest BCUT2D eigenvalue weighted by molar-refractivity contribution is 5.72. The molecular weight excluding hydrogens is 376 g/mol. The third kappa shape index (κ3) is 20.2. The lowest BCUT2D eigenvalue weighted by Gasteiger charge is -2.16. The van der Waals surface area contributed by atoms with Crippen molar-refractivity contribution in [2.24, 2.45) is 5.92 Å². The van der Waals surface area contributed by atoms with Crippen LogP contribution in [-0.4, -0.2) is 23.7 Å². The summed E-state index contributed by atoms with van der Waals surface area (Å²) in [5.41, 5.74) is 0. The van der Waals surface area contributed by atoms with Crippen LogP contribution < -0.4 is 0 Å². The molecule has 0 aromatic heterocycles. The number of hydrogen-bond acceptors (Lipinski definition) is 3. The van der Waals surface area contributed by atoms with Gasteiger partial charge >= 0.3 is 11.9 Å². The first-order valence-corrected chi connectivity index (χ1v) is 13.0. The van der Waals surface area contributed by atoms with Gasteiger partial charge in [0.1, 0.15) is 0 Å². The van der Waals surface area contributed by atoms with E-state index >= 15 is 0 Å². The molecule has 4 nitrogen and oxygen atoms in total. The maximum Gasteiger partial charge on any atom is 0.308 e. The minimum absolute atomic E-state index is 0.105. The highest BCUT2D eigenvalue weighted by Gasteiger charge is 2.19. The van der Waals surface area contributed by atoms with Gasteiger partial charge in [-0.05, 0) is 25.7 Å². The third-order valence-electron chi connectivity index (χ3n) is 5.92. The highest BCUT2D eigenvalue weighted by atomic mass is 16.5. The zero-order valence-corrected chi connectivity index (χ0v) is 20.1. The van der Waals surface area contributed by atoms with E-state index in [1.54, 1.807) is 0 Å². The van der Waals surface area contributed by atoms with Crippen molar-refractivity contribution in [3.05, 3.63) is 0 Å². The zero-order valence-electron chi connectivity index (χ0n) is 20.1. The molecule has 0 saturated carbocycles. The Morgan fingerprint density at radius 3 is 1.57 bits per heavy atom. The Labute approximate surface area is 186 Å². The first kappa shape index (κ1) is 28.9. The number of aliphatic carboxylic acids is 1. The number of esters is 1. The quantitative estimate of drug-likeness (QED) is 0.132. The molecule has 0 aliphatic rings. The van der Waals surface area contributed by atoms with Gasteiger partial charge in [0, 0.05) is 6.42 Å². The number of rotatable bonds is 23. The molecule has 0 heterocycles. The summed E-state index contributed by atoms with van der Waals surface area (Å²) >= 11 is 0. The van der Waals surface area contributed by atoms with E-state index in [9.17, 15) is 9.59 Å². The number of carbonyl (C=O) groups excluding carboxylic acids is 1. The monoisotopic (exact) mass is 426 g/mol. The predicted octanol–water partition coefficient (Wildman–Crippen LogP) is 8.07. The van der Waals surface area contributed by atoms with Crippen LogP contribution in [0, 0.1) is 5.92 Å². The predicted molar refractivity (Wildman–Crippen MR) is 126 cm³/mol. The number of carboxylic acid groups (broad SMARTS) is 1. The van der Waals surface area contributed by atoms with Gasteiger partial charge in [0.05, 0.1) is 12.5 Å². The summed E-state index contributed by atoms with van der Waals surface area (Å²) in [5, 5.41) is 8.88. The molecule has 178 valence electrons. The summed E-state index contributed by atoms with van der Waals surface area (Å²) in [6.07, 6.45) is 22.0. The molecule has 0 aliphatic heterocycles. The fourth-order valence-corrected chi connectivity index (χ4v) is 3.93. The van der Waals surface area contributed by atoms with Gasteiger partial charge < -0.3 is 9.84 Å². The molecule has 0 radical (unpaired) electrons. The highest BCUT2D eigenvalue weighted by Crippen LogP contribution is 2.20. The molecule has 0 fully saturated rings. The Hall–Kier alpha value is -1.06. The van der Waals surface area contributed by atoms with Gasteiger partial charge in [0.25, 0.3) is 0 Å². The van der Waals surface area contributed by atoms with Crippen molar-refractivity contribution in [1.29, 1.82) is 0 Å². The first-order chi connectivity index (χ1) is 14.6. The molecule has 0 aromatic rings. The van der Waals surface area contributed by atoms with Crippen molar-refractivity contribution in [1.82, 2.24) is 0 Å². The molecule has 0 amide bonds. The fourth-order valence-electron chi connectivity index (χ4n) is 3.93. The number of hydrogen-bond donors (Lipinski definition) is 1. The average molecular weight is 427 g/mol. The smallest absolute Gasteiger partial charge is 0.308 e. The summed E-state index contributed by atoms with van der Waals surface area (Å²) in [6, 6.07) is 0. The second-order valence-electron chi connectivity index (χ2n) is 8.89. The molecule has 0 spiro atoms. The molecule has 1 atom stereocenters. The fraction of sp³-hybridized carbons (Fsp3) is 0.923. The molecule has 0 aliphatic carbocycles. The SMILES string of the molecule is CCCCCCCCCCOC(=O)C(CCCCCCCCCC)CCCC(=O)O. The van der Waals surface area contributed by atoms with Crippen molar-refractivity contribution < 1.29 is 19.4 Å². The van der Waals surface area contributed by atoms with Crippen LogP contribution in [0.4, 0.5) is 0 Å².